The zero-order chi connectivity index (χ0) is 17.8. The maximum absolute atomic E-state index is 13.7. The van der Waals surface area contributed by atoms with Crippen molar-refractivity contribution >= 4 is 17.8 Å². The summed E-state index contributed by atoms with van der Waals surface area (Å²) in [4.78, 5) is 16.4. The van der Waals surface area contributed by atoms with Crippen molar-refractivity contribution in [2.45, 2.75) is 12.8 Å². The molecule has 2 heterocycles. The van der Waals surface area contributed by atoms with Gasteiger partial charge in [-0.3, -0.25) is 4.79 Å². The van der Waals surface area contributed by atoms with Crippen LogP contribution >= 0.6 is 0 Å². The summed E-state index contributed by atoms with van der Waals surface area (Å²) in [7, 11) is 0. The minimum atomic E-state index is -1.26. The summed E-state index contributed by atoms with van der Waals surface area (Å²) in [6.45, 7) is 1.82. The number of benzene rings is 1. The van der Waals surface area contributed by atoms with E-state index in [4.69, 9.17) is 0 Å². The van der Waals surface area contributed by atoms with E-state index in [1.165, 1.54) is 11.6 Å². The van der Waals surface area contributed by atoms with Crippen molar-refractivity contribution in [1.29, 1.82) is 0 Å². The van der Waals surface area contributed by atoms with Crippen molar-refractivity contribution in [2.75, 3.05) is 18.4 Å². The largest absolute Gasteiger partial charge is 0.316 e. The van der Waals surface area contributed by atoms with E-state index in [-0.39, 0.29) is 5.82 Å². The van der Waals surface area contributed by atoms with E-state index >= 15 is 0 Å². The second kappa shape index (κ2) is 7.48. The van der Waals surface area contributed by atoms with Crippen LogP contribution in [0.1, 0.15) is 28.9 Å². The molecule has 130 valence electrons. The van der Waals surface area contributed by atoms with Crippen LogP contribution in [0.5, 0.6) is 0 Å². The molecule has 1 aliphatic heterocycles. The minimum Gasteiger partial charge on any atom is -0.316 e. The second-order valence-corrected chi connectivity index (χ2v) is 5.70. The number of carbonyl (C=O) groups excluding carboxylic acids is 1. The predicted molar refractivity (Wildman–Crippen MR) is 88.6 cm³/mol. The number of nitrogens with zero attached hydrogens (tertiary/aromatic N) is 1. The Labute approximate surface area is 142 Å². The van der Waals surface area contributed by atoms with Crippen molar-refractivity contribution in [1.82, 2.24) is 10.3 Å². The number of hydrogen-bond acceptors (Lipinski definition) is 3. The topological polar surface area (TPSA) is 54.0 Å². The average molecular weight is 347 g/mol. The Bertz CT molecular complexity index is 805. The van der Waals surface area contributed by atoms with Gasteiger partial charge in [-0.1, -0.05) is 11.6 Å². The number of aromatic nitrogens is 1. The number of pyridine rings is 1. The standard InChI is InChI=1S/C18H16F3N3O/c19-12-9-14(20)17(15(21)10-12)18(25)24-16-3-1-2-13(23-16)8-11-4-6-22-7-5-11/h1-3,8-10,22H,4-7H2,(H,23,24,25). The van der Waals surface area contributed by atoms with Gasteiger partial charge in [0.15, 0.2) is 0 Å². The van der Waals surface area contributed by atoms with E-state index in [0.717, 1.165) is 25.9 Å². The van der Waals surface area contributed by atoms with Gasteiger partial charge in [0, 0.05) is 12.1 Å². The van der Waals surface area contributed by atoms with Gasteiger partial charge in [-0.25, -0.2) is 18.2 Å². The van der Waals surface area contributed by atoms with E-state index in [2.05, 4.69) is 15.6 Å². The van der Waals surface area contributed by atoms with E-state index in [9.17, 15) is 18.0 Å². The lowest BCUT2D eigenvalue weighted by molar-refractivity contribution is 0.101. The number of amides is 1. The zero-order valence-corrected chi connectivity index (χ0v) is 13.3. The normalized spacial score (nSPS) is 14.3. The summed E-state index contributed by atoms with van der Waals surface area (Å²) < 4.78 is 40.3. The highest BCUT2D eigenvalue weighted by Crippen LogP contribution is 2.18. The SMILES string of the molecule is O=C(Nc1cccc(C=C2CCNCC2)n1)c1c(F)cc(F)cc1F. The van der Waals surface area contributed by atoms with E-state index in [1.54, 1.807) is 12.1 Å². The lowest BCUT2D eigenvalue weighted by Crippen LogP contribution is -2.23. The van der Waals surface area contributed by atoms with Crippen LogP contribution in [-0.2, 0) is 0 Å². The molecule has 0 spiro atoms. The van der Waals surface area contributed by atoms with Crippen molar-refractivity contribution in [3.8, 4) is 0 Å². The van der Waals surface area contributed by atoms with Crippen LogP contribution in [0.3, 0.4) is 0 Å². The molecule has 0 saturated carbocycles. The van der Waals surface area contributed by atoms with Crippen LogP contribution in [0.15, 0.2) is 35.9 Å². The molecule has 2 aromatic rings. The molecule has 7 heteroatoms. The number of nitrogens with one attached hydrogen (secondary N) is 2. The van der Waals surface area contributed by atoms with E-state index < -0.39 is 28.9 Å². The van der Waals surface area contributed by atoms with Crippen LogP contribution < -0.4 is 10.6 Å². The Morgan fingerprint density at radius 2 is 1.80 bits per heavy atom. The smallest absolute Gasteiger partial charge is 0.262 e. The van der Waals surface area contributed by atoms with Crippen molar-refractivity contribution in [2.24, 2.45) is 0 Å². The van der Waals surface area contributed by atoms with Crippen LogP contribution in [-0.4, -0.2) is 24.0 Å². The van der Waals surface area contributed by atoms with Crippen LogP contribution in [0, 0.1) is 17.5 Å². The molecule has 0 radical (unpaired) electrons. The monoisotopic (exact) mass is 347 g/mol. The lowest BCUT2D eigenvalue weighted by atomic mass is 10.0. The Morgan fingerprint density at radius 1 is 1.12 bits per heavy atom. The van der Waals surface area contributed by atoms with Gasteiger partial charge in [0.05, 0.1) is 5.69 Å². The molecule has 0 unspecified atom stereocenters. The predicted octanol–water partition coefficient (Wildman–Crippen LogP) is 3.52. The van der Waals surface area contributed by atoms with Gasteiger partial charge in [-0.05, 0) is 44.1 Å². The first-order valence-corrected chi connectivity index (χ1v) is 7.86. The highest BCUT2D eigenvalue weighted by Gasteiger charge is 2.19. The first-order valence-electron chi connectivity index (χ1n) is 7.86. The van der Waals surface area contributed by atoms with E-state index in [1.807, 2.05) is 6.08 Å². The molecule has 1 saturated heterocycles. The summed E-state index contributed by atoms with van der Waals surface area (Å²) in [5.41, 5.74) is 1.05. The summed E-state index contributed by atoms with van der Waals surface area (Å²) in [5, 5.41) is 5.60. The highest BCUT2D eigenvalue weighted by molar-refractivity contribution is 6.04. The molecular weight excluding hydrogens is 331 g/mol. The van der Waals surface area contributed by atoms with Crippen LogP contribution in [0.2, 0.25) is 0 Å². The van der Waals surface area contributed by atoms with Gasteiger partial charge in [-0.15, -0.1) is 0 Å². The third-order valence-corrected chi connectivity index (χ3v) is 3.84. The fraction of sp³-hybridized carbons (Fsp3) is 0.222. The molecule has 1 aliphatic rings. The molecule has 1 aromatic carbocycles. The van der Waals surface area contributed by atoms with Gasteiger partial charge in [-0.2, -0.15) is 0 Å². The molecular formula is C18H16F3N3O. The fourth-order valence-electron chi connectivity index (χ4n) is 2.64. The number of piperidine rings is 1. The average Bonchev–Trinajstić information content (AvgIpc) is 2.55. The molecule has 0 aliphatic carbocycles. The van der Waals surface area contributed by atoms with Gasteiger partial charge in [0.1, 0.15) is 28.8 Å². The Hall–Kier alpha value is -2.67. The quantitative estimate of drug-likeness (QED) is 0.893. The van der Waals surface area contributed by atoms with E-state index in [0.29, 0.717) is 17.8 Å². The highest BCUT2D eigenvalue weighted by atomic mass is 19.1. The van der Waals surface area contributed by atoms with Crippen molar-refractivity contribution in [3.05, 3.63) is 64.6 Å². The zero-order valence-electron chi connectivity index (χ0n) is 13.3. The first-order chi connectivity index (χ1) is 12.0. The molecule has 3 rings (SSSR count). The summed E-state index contributed by atoms with van der Waals surface area (Å²) in [5.74, 6) is -4.46. The maximum Gasteiger partial charge on any atom is 0.262 e. The Kier molecular flexibility index (Phi) is 5.14. The maximum atomic E-state index is 13.7. The molecule has 4 nitrogen and oxygen atoms in total. The number of halogens is 3. The van der Waals surface area contributed by atoms with Crippen molar-refractivity contribution in [3.63, 3.8) is 0 Å². The lowest BCUT2D eigenvalue weighted by Gasteiger charge is -2.15. The molecule has 1 fully saturated rings. The number of rotatable bonds is 3. The van der Waals surface area contributed by atoms with Crippen LogP contribution in [0.25, 0.3) is 6.08 Å². The first kappa shape index (κ1) is 17.2. The summed E-state index contributed by atoms with van der Waals surface area (Å²) in [6, 6.07) is 5.91. The third-order valence-electron chi connectivity index (χ3n) is 3.84. The second-order valence-electron chi connectivity index (χ2n) is 5.70. The fourth-order valence-corrected chi connectivity index (χ4v) is 2.64. The molecule has 1 amide bonds. The van der Waals surface area contributed by atoms with Gasteiger partial charge in [0.2, 0.25) is 0 Å². The third kappa shape index (κ3) is 4.24. The Morgan fingerprint density at radius 3 is 2.48 bits per heavy atom. The molecule has 0 bridgehead atoms. The Balaban J connectivity index is 1.79. The van der Waals surface area contributed by atoms with Gasteiger partial charge >= 0.3 is 0 Å². The summed E-state index contributed by atoms with van der Waals surface area (Å²) >= 11 is 0. The molecule has 25 heavy (non-hydrogen) atoms. The van der Waals surface area contributed by atoms with Crippen molar-refractivity contribution < 1.29 is 18.0 Å². The minimum absolute atomic E-state index is 0.163. The van der Waals surface area contributed by atoms with Gasteiger partial charge in [0.25, 0.3) is 5.91 Å². The summed E-state index contributed by atoms with van der Waals surface area (Å²) in [6.07, 6.45) is 3.78. The molecule has 2 N–H and O–H groups in total. The molecule has 1 aromatic heterocycles. The molecule has 0 atom stereocenters. The number of hydrogen-bond donors (Lipinski definition) is 2. The van der Waals surface area contributed by atoms with Crippen LogP contribution in [0.4, 0.5) is 19.0 Å². The van der Waals surface area contributed by atoms with Gasteiger partial charge < -0.3 is 10.6 Å². The number of anilines is 1. The number of carbonyl (C=O) groups is 1.